The predicted octanol–water partition coefficient (Wildman–Crippen LogP) is 4.51. The number of carbonyl (C=O) groups is 2. The summed E-state index contributed by atoms with van der Waals surface area (Å²) < 4.78 is 4.96. The number of rotatable bonds is 5. The van der Waals surface area contributed by atoms with Crippen LogP contribution in [0.3, 0.4) is 0 Å². The van der Waals surface area contributed by atoms with Gasteiger partial charge >= 0.3 is 5.97 Å². The van der Waals surface area contributed by atoms with Crippen molar-refractivity contribution < 1.29 is 14.3 Å². The molecule has 0 aliphatic rings. The van der Waals surface area contributed by atoms with Crippen LogP contribution in [0.2, 0.25) is 10.0 Å². The molecular weight excluding hydrogens is 357 g/mol. The SMILES string of the molecule is CSc1cccc(NC(=O)COC(=O)c2ccc(Cl)c(Cl)c2)c1. The first-order chi connectivity index (χ1) is 11.0. The molecule has 2 aromatic rings. The van der Waals surface area contributed by atoms with Crippen LogP contribution in [-0.2, 0) is 9.53 Å². The fourth-order valence-corrected chi connectivity index (χ4v) is 2.49. The van der Waals surface area contributed by atoms with Crippen LogP contribution < -0.4 is 5.32 Å². The highest BCUT2D eigenvalue weighted by molar-refractivity contribution is 7.98. The number of nitrogens with one attached hydrogen (secondary N) is 1. The maximum absolute atomic E-state index is 11.9. The van der Waals surface area contributed by atoms with Gasteiger partial charge in [0.05, 0.1) is 15.6 Å². The lowest BCUT2D eigenvalue weighted by Gasteiger charge is -2.08. The van der Waals surface area contributed by atoms with Crippen molar-refractivity contribution in [2.45, 2.75) is 4.90 Å². The van der Waals surface area contributed by atoms with E-state index in [4.69, 9.17) is 27.9 Å². The molecule has 2 rings (SSSR count). The summed E-state index contributed by atoms with van der Waals surface area (Å²) in [5.41, 5.74) is 0.879. The minimum Gasteiger partial charge on any atom is -0.452 e. The highest BCUT2D eigenvalue weighted by Crippen LogP contribution is 2.23. The quantitative estimate of drug-likeness (QED) is 0.622. The topological polar surface area (TPSA) is 55.4 Å². The number of amides is 1. The van der Waals surface area contributed by atoms with E-state index in [1.165, 1.54) is 18.2 Å². The van der Waals surface area contributed by atoms with E-state index in [0.717, 1.165) is 4.90 Å². The van der Waals surface area contributed by atoms with Crippen molar-refractivity contribution in [3.8, 4) is 0 Å². The number of carbonyl (C=O) groups excluding carboxylic acids is 2. The molecule has 1 amide bonds. The van der Waals surface area contributed by atoms with E-state index in [0.29, 0.717) is 10.7 Å². The van der Waals surface area contributed by atoms with Gasteiger partial charge in [0.25, 0.3) is 5.91 Å². The first-order valence-corrected chi connectivity index (χ1v) is 8.54. The molecule has 2 aromatic carbocycles. The number of esters is 1. The molecule has 0 aromatic heterocycles. The van der Waals surface area contributed by atoms with Gasteiger partial charge in [-0.3, -0.25) is 4.79 Å². The van der Waals surface area contributed by atoms with Gasteiger partial charge < -0.3 is 10.1 Å². The molecule has 0 heterocycles. The van der Waals surface area contributed by atoms with Crippen molar-refractivity contribution >= 4 is 52.5 Å². The number of ether oxygens (including phenoxy) is 1. The molecule has 0 unspecified atom stereocenters. The monoisotopic (exact) mass is 369 g/mol. The summed E-state index contributed by atoms with van der Waals surface area (Å²) in [6.45, 7) is -0.386. The first kappa shape index (κ1) is 17.7. The Kier molecular flexibility index (Phi) is 6.33. The number of halogens is 2. The molecule has 23 heavy (non-hydrogen) atoms. The fourth-order valence-electron chi connectivity index (χ4n) is 1.74. The fraction of sp³-hybridized carbons (Fsp3) is 0.125. The zero-order valence-electron chi connectivity index (χ0n) is 12.1. The summed E-state index contributed by atoms with van der Waals surface area (Å²) in [5, 5.41) is 3.26. The normalized spacial score (nSPS) is 10.2. The van der Waals surface area contributed by atoms with Gasteiger partial charge in [0, 0.05) is 10.6 Å². The minimum atomic E-state index is -0.642. The molecule has 120 valence electrons. The predicted molar refractivity (Wildman–Crippen MR) is 93.6 cm³/mol. The van der Waals surface area contributed by atoms with Gasteiger partial charge in [-0.2, -0.15) is 0 Å². The molecule has 0 atom stereocenters. The number of thioether (sulfide) groups is 1. The van der Waals surface area contributed by atoms with Crippen LogP contribution >= 0.6 is 35.0 Å². The molecule has 0 aliphatic heterocycles. The maximum atomic E-state index is 11.9. The smallest absolute Gasteiger partial charge is 0.338 e. The van der Waals surface area contributed by atoms with Crippen LogP contribution in [0, 0.1) is 0 Å². The lowest BCUT2D eigenvalue weighted by molar-refractivity contribution is -0.119. The summed E-state index contributed by atoms with van der Waals surface area (Å²) >= 11 is 13.2. The van der Waals surface area contributed by atoms with Gasteiger partial charge in [-0.25, -0.2) is 4.79 Å². The second kappa shape index (κ2) is 8.24. The zero-order chi connectivity index (χ0) is 16.8. The largest absolute Gasteiger partial charge is 0.452 e. The summed E-state index contributed by atoms with van der Waals surface area (Å²) in [7, 11) is 0. The second-order valence-corrected chi connectivity index (χ2v) is 6.18. The van der Waals surface area contributed by atoms with E-state index in [9.17, 15) is 9.59 Å². The van der Waals surface area contributed by atoms with E-state index >= 15 is 0 Å². The second-order valence-electron chi connectivity index (χ2n) is 4.49. The van der Waals surface area contributed by atoms with Crippen molar-refractivity contribution in [2.24, 2.45) is 0 Å². The van der Waals surface area contributed by atoms with Gasteiger partial charge in [-0.05, 0) is 42.7 Å². The Morgan fingerprint density at radius 3 is 2.61 bits per heavy atom. The lowest BCUT2D eigenvalue weighted by atomic mass is 10.2. The molecule has 0 spiro atoms. The van der Waals surface area contributed by atoms with E-state index in [1.54, 1.807) is 17.8 Å². The molecule has 0 radical (unpaired) electrons. The molecule has 1 N–H and O–H groups in total. The number of hydrogen-bond donors (Lipinski definition) is 1. The maximum Gasteiger partial charge on any atom is 0.338 e. The Bertz CT molecular complexity index is 737. The van der Waals surface area contributed by atoms with Gasteiger partial charge in [0.15, 0.2) is 6.61 Å². The average Bonchev–Trinajstić information content (AvgIpc) is 2.55. The van der Waals surface area contributed by atoms with Crippen molar-refractivity contribution in [3.63, 3.8) is 0 Å². The Morgan fingerprint density at radius 2 is 1.91 bits per heavy atom. The highest BCUT2D eigenvalue weighted by Gasteiger charge is 2.12. The van der Waals surface area contributed by atoms with E-state index in [-0.39, 0.29) is 17.2 Å². The molecule has 7 heteroatoms. The average molecular weight is 370 g/mol. The van der Waals surface area contributed by atoms with Crippen molar-refractivity contribution in [2.75, 3.05) is 18.2 Å². The third kappa shape index (κ3) is 5.16. The lowest BCUT2D eigenvalue weighted by Crippen LogP contribution is -2.20. The molecule has 0 saturated heterocycles. The minimum absolute atomic E-state index is 0.233. The van der Waals surface area contributed by atoms with Crippen LogP contribution in [0.15, 0.2) is 47.4 Å². The van der Waals surface area contributed by atoms with Crippen LogP contribution in [0.5, 0.6) is 0 Å². The molecule has 0 bridgehead atoms. The Labute approximate surface area is 148 Å². The van der Waals surface area contributed by atoms with E-state index < -0.39 is 11.9 Å². The van der Waals surface area contributed by atoms with Gasteiger partial charge in [0.1, 0.15) is 0 Å². The van der Waals surface area contributed by atoms with E-state index in [2.05, 4.69) is 5.32 Å². The van der Waals surface area contributed by atoms with Gasteiger partial charge in [-0.15, -0.1) is 11.8 Å². The molecule has 0 saturated carbocycles. The van der Waals surface area contributed by atoms with Gasteiger partial charge in [-0.1, -0.05) is 29.3 Å². The van der Waals surface area contributed by atoms with E-state index in [1.807, 2.05) is 24.5 Å². The summed E-state index contributed by atoms with van der Waals surface area (Å²) in [4.78, 5) is 24.7. The number of anilines is 1. The summed E-state index contributed by atoms with van der Waals surface area (Å²) in [6.07, 6.45) is 1.94. The van der Waals surface area contributed by atoms with Crippen LogP contribution in [0.1, 0.15) is 10.4 Å². The molecular formula is C16H13Cl2NO3S. The number of benzene rings is 2. The first-order valence-electron chi connectivity index (χ1n) is 6.55. The summed E-state index contributed by atoms with van der Waals surface area (Å²) in [6, 6.07) is 11.7. The summed E-state index contributed by atoms with van der Waals surface area (Å²) in [5.74, 6) is -1.06. The standard InChI is InChI=1S/C16H13Cl2NO3S/c1-23-12-4-2-3-11(8-12)19-15(20)9-22-16(21)10-5-6-13(17)14(18)7-10/h2-8H,9H2,1H3,(H,19,20). The molecule has 0 aliphatic carbocycles. The molecule has 0 fully saturated rings. The van der Waals surface area contributed by atoms with Crippen molar-refractivity contribution in [1.82, 2.24) is 0 Å². The van der Waals surface area contributed by atoms with Crippen LogP contribution in [0.4, 0.5) is 5.69 Å². The van der Waals surface area contributed by atoms with Gasteiger partial charge in [0.2, 0.25) is 0 Å². The Balaban J connectivity index is 1.90. The van der Waals surface area contributed by atoms with Crippen molar-refractivity contribution in [1.29, 1.82) is 0 Å². The molecule has 4 nitrogen and oxygen atoms in total. The third-order valence-electron chi connectivity index (χ3n) is 2.84. The van der Waals surface area contributed by atoms with Crippen LogP contribution in [0.25, 0.3) is 0 Å². The third-order valence-corrected chi connectivity index (χ3v) is 4.31. The highest BCUT2D eigenvalue weighted by atomic mass is 35.5. The van der Waals surface area contributed by atoms with Crippen LogP contribution in [-0.4, -0.2) is 24.7 Å². The Hall–Kier alpha value is -1.69. The van der Waals surface area contributed by atoms with Crippen molar-refractivity contribution in [3.05, 3.63) is 58.1 Å². The number of hydrogen-bond acceptors (Lipinski definition) is 4. The zero-order valence-corrected chi connectivity index (χ0v) is 14.5. The Morgan fingerprint density at radius 1 is 1.13 bits per heavy atom.